The molecule has 7 heteroatoms. The molecule has 1 aliphatic rings. The molecule has 2 atom stereocenters. The molecular formula is C29H31N3O3S. The molecule has 0 spiro atoms. The summed E-state index contributed by atoms with van der Waals surface area (Å²) in [6.45, 7) is 4.25. The minimum Gasteiger partial charge on any atom is -0.445 e. The average Bonchev–Trinajstić information content (AvgIpc) is 3.33. The largest absolute Gasteiger partial charge is 0.445 e. The lowest BCUT2D eigenvalue weighted by atomic mass is 9.84. The predicted molar refractivity (Wildman–Crippen MR) is 145 cm³/mol. The maximum atomic E-state index is 12.9. The summed E-state index contributed by atoms with van der Waals surface area (Å²) in [6, 6.07) is 31.1. The van der Waals surface area contributed by atoms with Gasteiger partial charge in [-0.2, -0.15) is 0 Å². The number of hydrogen-bond donors (Lipinski definition) is 2. The second-order valence-electron chi connectivity index (χ2n) is 8.72. The standard InChI is InChI=1S/C29H31N3O3S/c1-2-18-35-28(33)32-21-26(19-25(32)20-27(30)31-34)36-29(22-12-6-3-7-13-22,23-14-8-4-9-15-23)24-16-10-5-11-17-24/h2-17,25-26,34H,1,18-21H2,(H2,30,31)/t25-,26-/m0/s1. The van der Waals surface area contributed by atoms with E-state index >= 15 is 0 Å². The Labute approximate surface area is 216 Å². The number of amides is 1. The Balaban J connectivity index is 1.77. The first-order chi connectivity index (χ1) is 17.6. The van der Waals surface area contributed by atoms with Crippen LogP contribution in [0, 0.1) is 0 Å². The fourth-order valence-electron chi connectivity index (χ4n) is 4.84. The summed E-state index contributed by atoms with van der Waals surface area (Å²) in [6.07, 6.45) is 2.08. The summed E-state index contributed by atoms with van der Waals surface area (Å²) in [7, 11) is 0. The van der Waals surface area contributed by atoms with Gasteiger partial charge in [0.2, 0.25) is 0 Å². The number of ether oxygens (including phenoxy) is 1. The number of nitrogens with two attached hydrogens (primary N) is 1. The SMILES string of the molecule is C=CCOC(=O)N1C[C@@H](SC(c2ccccc2)(c2ccccc2)c2ccccc2)C[C@H]1C/C(N)=N/O. The Morgan fingerprint density at radius 3 is 1.97 bits per heavy atom. The first kappa shape index (κ1) is 25.4. The van der Waals surface area contributed by atoms with Gasteiger partial charge in [-0.25, -0.2) is 4.79 Å². The van der Waals surface area contributed by atoms with Gasteiger partial charge in [-0.1, -0.05) is 109 Å². The second kappa shape index (κ2) is 11.8. The van der Waals surface area contributed by atoms with Gasteiger partial charge in [-0.15, -0.1) is 11.8 Å². The molecule has 3 aromatic carbocycles. The Kier molecular flexibility index (Phi) is 8.33. The van der Waals surface area contributed by atoms with Crippen LogP contribution < -0.4 is 5.73 Å². The quantitative estimate of drug-likeness (QED) is 0.0993. The normalized spacial score (nSPS) is 18.1. The average molecular weight is 502 g/mol. The molecule has 1 aliphatic heterocycles. The molecule has 0 bridgehead atoms. The minimum atomic E-state index is -0.503. The van der Waals surface area contributed by atoms with Crippen molar-refractivity contribution in [2.75, 3.05) is 13.2 Å². The van der Waals surface area contributed by atoms with Crippen molar-refractivity contribution in [2.24, 2.45) is 10.9 Å². The highest BCUT2D eigenvalue weighted by molar-refractivity contribution is 8.01. The number of amidine groups is 1. The zero-order valence-corrected chi connectivity index (χ0v) is 20.9. The van der Waals surface area contributed by atoms with Crippen molar-refractivity contribution >= 4 is 23.7 Å². The van der Waals surface area contributed by atoms with Gasteiger partial charge in [0, 0.05) is 24.3 Å². The zero-order chi connectivity index (χ0) is 25.4. The molecule has 0 saturated carbocycles. The molecule has 186 valence electrons. The number of carbonyl (C=O) groups is 1. The summed E-state index contributed by atoms with van der Waals surface area (Å²) >= 11 is 1.83. The Morgan fingerprint density at radius 1 is 1.03 bits per heavy atom. The third kappa shape index (κ3) is 5.41. The molecule has 6 nitrogen and oxygen atoms in total. The Morgan fingerprint density at radius 2 is 1.53 bits per heavy atom. The van der Waals surface area contributed by atoms with Gasteiger partial charge in [0.25, 0.3) is 0 Å². The van der Waals surface area contributed by atoms with E-state index in [1.165, 1.54) is 0 Å². The van der Waals surface area contributed by atoms with Gasteiger partial charge >= 0.3 is 6.09 Å². The van der Waals surface area contributed by atoms with E-state index in [1.807, 2.05) is 30.0 Å². The molecule has 1 fully saturated rings. The van der Waals surface area contributed by atoms with Crippen molar-refractivity contribution in [3.8, 4) is 0 Å². The van der Waals surface area contributed by atoms with Crippen molar-refractivity contribution in [3.63, 3.8) is 0 Å². The minimum absolute atomic E-state index is 0.0680. The van der Waals surface area contributed by atoms with E-state index in [4.69, 9.17) is 15.7 Å². The molecule has 0 aliphatic carbocycles. The van der Waals surface area contributed by atoms with E-state index in [0.29, 0.717) is 13.0 Å². The third-order valence-corrected chi connectivity index (χ3v) is 8.13. The number of oxime groups is 1. The van der Waals surface area contributed by atoms with Gasteiger partial charge in [-0.3, -0.25) is 0 Å². The summed E-state index contributed by atoms with van der Waals surface area (Å²) in [5.74, 6) is 0.0904. The Hall–Kier alpha value is -3.71. The predicted octanol–water partition coefficient (Wildman–Crippen LogP) is 5.61. The van der Waals surface area contributed by atoms with E-state index in [1.54, 1.807) is 11.0 Å². The van der Waals surface area contributed by atoms with Gasteiger partial charge < -0.3 is 20.6 Å². The maximum absolute atomic E-state index is 12.9. The lowest BCUT2D eigenvalue weighted by molar-refractivity contribution is 0.109. The molecule has 1 amide bonds. The summed E-state index contributed by atoms with van der Waals surface area (Å²) in [5.41, 5.74) is 9.34. The number of benzene rings is 3. The number of thioether (sulfide) groups is 1. The van der Waals surface area contributed by atoms with Crippen LogP contribution in [-0.4, -0.2) is 46.5 Å². The van der Waals surface area contributed by atoms with Crippen molar-refractivity contribution in [3.05, 3.63) is 120 Å². The van der Waals surface area contributed by atoms with E-state index in [9.17, 15) is 4.79 Å². The highest BCUT2D eigenvalue weighted by Crippen LogP contribution is 2.52. The first-order valence-electron chi connectivity index (χ1n) is 11.9. The van der Waals surface area contributed by atoms with Crippen LogP contribution in [0.3, 0.4) is 0 Å². The van der Waals surface area contributed by atoms with E-state index < -0.39 is 10.8 Å². The van der Waals surface area contributed by atoms with Crippen LogP contribution in [0.2, 0.25) is 0 Å². The van der Waals surface area contributed by atoms with Crippen LogP contribution in [0.5, 0.6) is 0 Å². The lowest BCUT2D eigenvalue weighted by Gasteiger charge is -2.37. The lowest BCUT2D eigenvalue weighted by Crippen LogP contribution is -2.38. The molecule has 0 unspecified atom stereocenters. The summed E-state index contributed by atoms with van der Waals surface area (Å²) in [4.78, 5) is 14.6. The van der Waals surface area contributed by atoms with Crippen LogP contribution in [0.1, 0.15) is 29.5 Å². The fourth-order valence-corrected chi connectivity index (χ4v) is 6.71. The van der Waals surface area contributed by atoms with Crippen LogP contribution in [0.4, 0.5) is 4.79 Å². The molecule has 3 aromatic rings. The maximum Gasteiger partial charge on any atom is 0.410 e. The van der Waals surface area contributed by atoms with E-state index in [2.05, 4.69) is 84.5 Å². The highest BCUT2D eigenvalue weighted by Gasteiger charge is 2.44. The zero-order valence-electron chi connectivity index (χ0n) is 20.1. The van der Waals surface area contributed by atoms with Crippen LogP contribution in [-0.2, 0) is 9.48 Å². The third-order valence-electron chi connectivity index (χ3n) is 6.39. The number of rotatable bonds is 9. The van der Waals surface area contributed by atoms with E-state index in [0.717, 1.165) is 16.7 Å². The van der Waals surface area contributed by atoms with Gasteiger partial charge in [0.1, 0.15) is 12.4 Å². The number of nitrogens with zero attached hydrogens (tertiary/aromatic N) is 2. The number of likely N-dealkylation sites (tertiary alicyclic amines) is 1. The van der Waals surface area contributed by atoms with Gasteiger partial charge in [-0.05, 0) is 23.1 Å². The number of hydrogen-bond acceptors (Lipinski definition) is 5. The Bertz CT molecular complexity index is 1080. The van der Waals surface area contributed by atoms with Crippen LogP contribution >= 0.6 is 11.8 Å². The van der Waals surface area contributed by atoms with Crippen molar-refractivity contribution in [1.29, 1.82) is 0 Å². The highest BCUT2D eigenvalue weighted by atomic mass is 32.2. The molecule has 4 rings (SSSR count). The van der Waals surface area contributed by atoms with Crippen molar-refractivity contribution < 1.29 is 14.7 Å². The summed E-state index contributed by atoms with van der Waals surface area (Å²) < 4.78 is 4.87. The van der Waals surface area contributed by atoms with Crippen molar-refractivity contribution in [1.82, 2.24) is 4.90 Å². The first-order valence-corrected chi connectivity index (χ1v) is 12.8. The molecule has 1 heterocycles. The molecule has 1 saturated heterocycles. The summed E-state index contributed by atoms with van der Waals surface area (Å²) in [5, 5.41) is 12.4. The molecule has 36 heavy (non-hydrogen) atoms. The molecule has 0 aromatic heterocycles. The topological polar surface area (TPSA) is 88.2 Å². The van der Waals surface area contributed by atoms with Gasteiger partial charge in [0.15, 0.2) is 0 Å². The molecular weight excluding hydrogens is 470 g/mol. The second-order valence-corrected chi connectivity index (χ2v) is 10.2. The number of carbonyl (C=O) groups excluding carboxylic acids is 1. The molecule has 3 N–H and O–H groups in total. The van der Waals surface area contributed by atoms with Gasteiger partial charge in [0.05, 0.1) is 4.75 Å². The monoisotopic (exact) mass is 501 g/mol. The van der Waals surface area contributed by atoms with Crippen LogP contribution in [0.15, 0.2) is 109 Å². The molecule has 0 radical (unpaired) electrons. The fraction of sp³-hybridized carbons (Fsp3) is 0.241. The smallest absolute Gasteiger partial charge is 0.410 e. The van der Waals surface area contributed by atoms with Crippen molar-refractivity contribution in [2.45, 2.75) is 28.9 Å². The van der Waals surface area contributed by atoms with Crippen LogP contribution in [0.25, 0.3) is 0 Å². The van der Waals surface area contributed by atoms with E-state index in [-0.39, 0.29) is 30.2 Å².